The fourth-order valence-corrected chi connectivity index (χ4v) is 1.58. The smallest absolute Gasteiger partial charge is 0.336 e. The summed E-state index contributed by atoms with van der Waals surface area (Å²) in [7, 11) is -0.838. The average Bonchev–Trinajstić information content (AvgIpc) is 2.11. The highest BCUT2D eigenvalue weighted by atomic mass is 32.2. The summed E-state index contributed by atoms with van der Waals surface area (Å²) in [6, 6.07) is 0.0414. The van der Waals surface area contributed by atoms with Crippen molar-refractivity contribution < 1.29 is 19.2 Å². The van der Waals surface area contributed by atoms with E-state index in [0.717, 1.165) is 0 Å². The van der Waals surface area contributed by atoms with Gasteiger partial charge >= 0.3 is 5.97 Å². The lowest BCUT2D eigenvalue weighted by Gasteiger charge is -2.21. The number of aliphatic carboxylic acids is 1. The van der Waals surface area contributed by atoms with Gasteiger partial charge in [0, 0.05) is 35.4 Å². The second-order valence-corrected chi connectivity index (χ2v) is 5.48. The SMILES string of the molecule is CC(CCS(C)=O)NCC(C)(O)C(=O)O. The molecule has 3 N–H and O–H groups in total. The molecule has 5 nitrogen and oxygen atoms in total. The van der Waals surface area contributed by atoms with E-state index in [1.807, 2.05) is 6.92 Å². The normalized spacial score (nSPS) is 19.2. The maximum Gasteiger partial charge on any atom is 0.336 e. The molecule has 0 rings (SSSR count). The van der Waals surface area contributed by atoms with E-state index in [0.29, 0.717) is 12.2 Å². The van der Waals surface area contributed by atoms with Crippen molar-refractivity contribution in [2.45, 2.75) is 31.9 Å². The van der Waals surface area contributed by atoms with E-state index in [-0.39, 0.29) is 12.6 Å². The van der Waals surface area contributed by atoms with E-state index in [4.69, 9.17) is 5.11 Å². The first-order valence-corrected chi connectivity index (χ1v) is 6.47. The monoisotopic (exact) mass is 237 g/mol. The largest absolute Gasteiger partial charge is 0.479 e. The quantitative estimate of drug-likeness (QED) is 0.559. The van der Waals surface area contributed by atoms with E-state index in [1.165, 1.54) is 6.92 Å². The minimum Gasteiger partial charge on any atom is -0.479 e. The van der Waals surface area contributed by atoms with E-state index in [9.17, 15) is 14.1 Å². The van der Waals surface area contributed by atoms with Crippen LogP contribution in [-0.4, -0.2) is 50.6 Å². The lowest BCUT2D eigenvalue weighted by Crippen LogP contribution is -2.47. The van der Waals surface area contributed by atoms with Crippen LogP contribution in [0.5, 0.6) is 0 Å². The Hall–Kier alpha value is -0.460. The molecule has 90 valence electrons. The standard InChI is InChI=1S/C9H19NO4S/c1-7(4-5-15(3)14)10-6-9(2,13)8(11)12/h7,10,13H,4-6H2,1-3H3,(H,11,12). The van der Waals surface area contributed by atoms with Crippen LogP contribution in [0.3, 0.4) is 0 Å². The average molecular weight is 237 g/mol. The van der Waals surface area contributed by atoms with Crippen molar-refractivity contribution in [3.63, 3.8) is 0 Å². The van der Waals surface area contributed by atoms with E-state index >= 15 is 0 Å². The maximum absolute atomic E-state index is 10.8. The van der Waals surface area contributed by atoms with Crippen LogP contribution in [0.25, 0.3) is 0 Å². The molecule has 3 unspecified atom stereocenters. The molecule has 0 fully saturated rings. The van der Waals surface area contributed by atoms with Crippen LogP contribution < -0.4 is 5.32 Å². The highest BCUT2D eigenvalue weighted by molar-refractivity contribution is 7.84. The fourth-order valence-electron chi connectivity index (χ4n) is 0.893. The minimum atomic E-state index is -1.75. The van der Waals surface area contributed by atoms with Crippen LogP contribution in [0.2, 0.25) is 0 Å². The molecule has 6 heteroatoms. The Morgan fingerprint density at radius 2 is 2.13 bits per heavy atom. The van der Waals surface area contributed by atoms with Gasteiger partial charge in [0.15, 0.2) is 5.60 Å². The number of carbonyl (C=O) groups is 1. The molecule has 0 aromatic heterocycles. The van der Waals surface area contributed by atoms with Crippen molar-refractivity contribution >= 4 is 16.8 Å². The van der Waals surface area contributed by atoms with Gasteiger partial charge in [-0.1, -0.05) is 0 Å². The Morgan fingerprint density at radius 1 is 1.60 bits per heavy atom. The van der Waals surface area contributed by atoms with Gasteiger partial charge in [0.25, 0.3) is 0 Å². The van der Waals surface area contributed by atoms with Gasteiger partial charge in [0.1, 0.15) is 0 Å². The van der Waals surface area contributed by atoms with Gasteiger partial charge in [-0.2, -0.15) is 0 Å². The van der Waals surface area contributed by atoms with E-state index in [1.54, 1.807) is 6.26 Å². The zero-order valence-corrected chi connectivity index (χ0v) is 10.1. The predicted molar refractivity (Wildman–Crippen MR) is 59.3 cm³/mol. The number of rotatable bonds is 7. The molecule has 3 atom stereocenters. The summed E-state index contributed by atoms with van der Waals surface area (Å²) in [6.07, 6.45) is 2.32. The molecule has 0 bridgehead atoms. The van der Waals surface area contributed by atoms with Crippen LogP contribution in [0, 0.1) is 0 Å². The topological polar surface area (TPSA) is 86.6 Å². The molecule has 15 heavy (non-hydrogen) atoms. The van der Waals surface area contributed by atoms with E-state index in [2.05, 4.69) is 5.32 Å². The van der Waals surface area contributed by atoms with Crippen LogP contribution in [-0.2, 0) is 15.6 Å². The summed E-state index contributed by atoms with van der Waals surface area (Å²) in [4.78, 5) is 10.6. The van der Waals surface area contributed by atoms with Crippen molar-refractivity contribution in [3.05, 3.63) is 0 Å². The van der Waals surface area contributed by atoms with Gasteiger partial charge < -0.3 is 15.5 Å². The summed E-state index contributed by atoms with van der Waals surface area (Å²) < 4.78 is 10.8. The summed E-state index contributed by atoms with van der Waals surface area (Å²) in [5.41, 5.74) is -1.75. The van der Waals surface area contributed by atoms with Crippen LogP contribution in [0.4, 0.5) is 0 Å². The Balaban J connectivity index is 3.84. The molecule has 0 aliphatic heterocycles. The number of nitrogens with one attached hydrogen (secondary N) is 1. The molecule has 0 aliphatic rings. The minimum absolute atomic E-state index is 0.0140. The molecule has 0 spiro atoms. The maximum atomic E-state index is 10.8. The Morgan fingerprint density at radius 3 is 2.53 bits per heavy atom. The lowest BCUT2D eigenvalue weighted by molar-refractivity contribution is -0.156. The van der Waals surface area contributed by atoms with Crippen LogP contribution in [0.15, 0.2) is 0 Å². The van der Waals surface area contributed by atoms with Crippen molar-refractivity contribution in [3.8, 4) is 0 Å². The highest BCUT2D eigenvalue weighted by Crippen LogP contribution is 2.02. The highest BCUT2D eigenvalue weighted by Gasteiger charge is 2.29. The predicted octanol–water partition coefficient (Wildman–Crippen LogP) is -0.431. The van der Waals surface area contributed by atoms with Crippen LogP contribution in [0.1, 0.15) is 20.3 Å². The second kappa shape index (κ2) is 6.19. The third kappa shape index (κ3) is 6.59. The first kappa shape index (κ1) is 14.5. The Kier molecular flexibility index (Phi) is 6.00. The van der Waals surface area contributed by atoms with Gasteiger partial charge in [-0.3, -0.25) is 4.21 Å². The van der Waals surface area contributed by atoms with Crippen LogP contribution >= 0.6 is 0 Å². The molecular formula is C9H19NO4S. The molecule has 0 saturated carbocycles. The molecule has 0 saturated heterocycles. The lowest BCUT2D eigenvalue weighted by atomic mass is 10.1. The number of aliphatic hydroxyl groups is 1. The Labute approximate surface area is 92.3 Å². The third-order valence-corrected chi connectivity index (χ3v) is 2.90. The molecular weight excluding hydrogens is 218 g/mol. The molecule has 0 aromatic rings. The van der Waals surface area contributed by atoms with E-state index < -0.39 is 22.4 Å². The van der Waals surface area contributed by atoms with Gasteiger partial charge in [0.2, 0.25) is 0 Å². The molecule has 0 amide bonds. The molecule has 0 radical (unpaired) electrons. The zero-order chi connectivity index (χ0) is 12.1. The number of hydrogen-bond acceptors (Lipinski definition) is 4. The summed E-state index contributed by atoms with van der Waals surface area (Å²) in [5, 5.41) is 20.9. The summed E-state index contributed by atoms with van der Waals surface area (Å²) in [6.45, 7) is 3.09. The number of carboxylic acids is 1. The third-order valence-electron chi connectivity index (χ3n) is 2.09. The van der Waals surface area contributed by atoms with Gasteiger partial charge in [-0.25, -0.2) is 4.79 Å². The molecule has 0 aromatic carbocycles. The van der Waals surface area contributed by atoms with Gasteiger partial charge in [-0.05, 0) is 20.3 Å². The number of hydrogen-bond donors (Lipinski definition) is 3. The van der Waals surface area contributed by atoms with Crippen molar-refractivity contribution in [1.82, 2.24) is 5.32 Å². The summed E-state index contributed by atoms with van der Waals surface area (Å²) in [5.74, 6) is -0.676. The summed E-state index contributed by atoms with van der Waals surface area (Å²) >= 11 is 0. The van der Waals surface area contributed by atoms with Crippen molar-refractivity contribution in [1.29, 1.82) is 0 Å². The first-order valence-electron chi connectivity index (χ1n) is 4.75. The van der Waals surface area contributed by atoms with Gasteiger partial charge in [0.05, 0.1) is 0 Å². The second-order valence-electron chi connectivity index (χ2n) is 3.93. The van der Waals surface area contributed by atoms with Crippen molar-refractivity contribution in [2.24, 2.45) is 0 Å². The molecule has 0 heterocycles. The zero-order valence-electron chi connectivity index (χ0n) is 9.32. The first-order chi connectivity index (χ1) is 6.75. The molecule has 0 aliphatic carbocycles. The van der Waals surface area contributed by atoms with Gasteiger partial charge in [-0.15, -0.1) is 0 Å². The fraction of sp³-hybridized carbons (Fsp3) is 0.889. The number of carboxylic acid groups (broad SMARTS) is 1. The Bertz CT molecular complexity index is 242. The van der Waals surface area contributed by atoms with Crippen molar-refractivity contribution in [2.75, 3.05) is 18.6 Å².